The van der Waals surface area contributed by atoms with Crippen molar-refractivity contribution < 1.29 is 4.79 Å². The Bertz CT molecular complexity index is 537. The van der Waals surface area contributed by atoms with Gasteiger partial charge in [-0.05, 0) is 51.4 Å². The number of carbonyl (C=O) groups excluding carboxylic acids is 1. The molecule has 2 aliphatic carbocycles. The minimum atomic E-state index is 0.106. The number of hydrogen-bond acceptors (Lipinski definition) is 3. The van der Waals surface area contributed by atoms with Crippen LogP contribution in [-0.2, 0) is 11.8 Å². The highest BCUT2D eigenvalue weighted by atomic mass is 16.2. The minimum Gasteiger partial charge on any atom is -0.327 e. The lowest BCUT2D eigenvalue weighted by Gasteiger charge is -2.43. The summed E-state index contributed by atoms with van der Waals surface area (Å²) in [5.41, 5.74) is 8.33. The zero-order valence-electron chi connectivity index (χ0n) is 13.2. The molecule has 116 valence electrons. The Morgan fingerprint density at radius 1 is 1.29 bits per heavy atom. The molecule has 0 radical (unpaired) electrons. The normalized spacial score (nSPS) is 32.0. The molecule has 0 saturated heterocycles. The van der Waals surface area contributed by atoms with Gasteiger partial charge in [-0.3, -0.25) is 9.48 Å². The second kappa shape index (κ2) is 5.44. The van der Waals surface area contributed by atoms with Gasteiger partial charge in [-0.2, -0.15) is 5.10 Å². The second-order valence-electron chi connectivity index (χ2n) is 6.87. The molecule has 2 bridgehead atoms. The zero-order chi connectivity index (χ0) is 15.1. The van der Waals surface area contributed by atoms with Crippen molar-refractivity contribution in [2.45, 2.75) is 52.0 Å². The van der Waals surface area contributed by atoms with E-state index in [1.165, 1.54) is 19.3 Å². The maximum Gasteiger partial charge on any atom is 0.228 e. The van der Waals surface area contributed by atoms with Crippen molar-refractivity contribution in [1.82, 2.24) is 9.78 Å². The standard InChI is InChI=1S/C16H26N4O/c1-9-10(2)19-20(3)15(9)18-16(21)13-7-11-5-4-6-12(8-13)14(11)17/h11-14H,4-8,17H2,1-3H3,(H,18,21). The van der Waals surface area contributed by atoms with Gasteiger partial charge in [-0.1, -0.05) is 6.42 Å². The van der Waals surface area contributed by atoms with Gasteiger partial charge in [0.25, 0.3) is 0 Å². The summed E-state index contributed by atoms with van der Waals surface area (Å²) in [5.74, 6) is 2.14. The summed E-state index contributed by atoms with van der Waals surface area (Å²) in [6, 6.07) is 0.309. The largest absolute Gasteiger partial charge is 0.327 e. The molecule has 1 amide bonds. The van der Waals surface area contributed by atoms with E-state index in [-0.39, 0.29) is 11.8 Å². The van der Waals surface area contributed by atoms with Gasteiger partial charge in [0.05, 0.1) is 5.69 Å². The van der Waals surface area contributed by atoms with E-state index >= 15 is 0 Å². The molecule has 0 spiro atoms. The first-order valence-electron chi connectivity index (χ1n) is 8.04. The van der Waals surface area contributed by atoms with Crippen LogP contribution in [0.25, 0.3) is 0 Å². The van der Waals surface area contributed by atoms with Gasteiger partial charge in [0.1, 0.15) is 5.82 Å². The number of fused-ring (bicyclic) bond motifs is 2. The van der Waals surface area contributed by atoms with E-state index in [9.17, 15) is 4.79 Å². The van der Waals surface area contributed by atoms with Gasteiger partial charge >= 0.3 is 0 Å². The van der Waals surface area contributed by atoms with Crippen LogP contribution in [-0.4, -0.2) is 21.7 Å². The predicted octanol–water partition coefficient (Wildman–Crippen LogP) is 2.13. The minimum absolute atomic E-state index is 0.106. The van der Waals surface area contributed by atoms with E-state index in [2.05, 4.69) is 10.4 Å². The van der Waals surface area contributed by atoms with Gasteiger partial charge in [0.2, 0.25) is 5.91 Å². The third-order valence-electron chi connectivity index (χ3n) is 5.55. The lowest BCUT2D eigenvalue weighted by atomic mass is 9.65. The number of hydrogen-bond donors (Lipinski definition) is 2. The molecule has 2 aliphatic rings. The first kappa shape index (κ1) is 14.6. The summed E-state index contributed by atoms with van der Waals surface area (Å²) in [7, 11) is 1.88. The number of aromatic nitrogens is 2. The number of carbonyl (C=O) groups is 1. The van der Waals surface area contributed by atoms with Crippen molar-refractivity contribution in [3.8, 4) is 0 Å². The number of aryl methyl sites for hydroxylation is 2. The predicted molar refractivity (Wildman–Crippen MR) is 82.8 cm³/mol. The molecule has 5 nitrogen and oxygen atoms in total. The number of rotatable bonds is 2. The Labute approximate surface area is 126 Å². The first-order valence-corrected chi connectivity index (χ1v) is 8.04. The molecule has 5 heteroatoms. The highest BCUT2D eigenvalue weighted by molar-refractivity contribution is 5.92. The van der Waals surface area contributed by atoms with E-state index in [1.807, 2.05) is 20.9 Å². The Morgan fingerprint density at radius 2 is 1.90 bits per heavy atom. The van der Waals surface area contributed by atoms with Gasteiger partial charge < -0.3 is 11.1 Å². The quantitative estimate of drug-likeness (QED) is 0.876. The summed E-state index contributed by atoms with van der Waals surface area (Å²) < 4.78 is 1.76. The SMILES string of the molecule is Cc1nn(C)c(NC(=O)C2CC3CCCC(C2)C3N)c1C. The van der Waals surface area contributed by atoms with Crippen LogP contribution in [0.5, 0.6) is 0 Å². The van der Waals surface area contributed by atoms with E-state index in [4.69, 9.17) is 5.73 Å². The molecule has 1 aromatic heterocycles. The lowest BCUT2D eigenvalue weighted by molar-refractivity contribution is -0.122. The van der Waals surface area contributed by atoms with Gasteiger partial charge in [-0.25, -0.2) is 0 Å². The van der Waals surface area contributed by atoms with Crippen molar-refractivity contribution in [3.05, 3.63) is 11.3 Å². The highest BCUT2D eigenvalue weighted by Gasteiger charge is 2.40. The molecule has 21 heavy (non-hydrogen) atoms. The molecule has 2 saturated carbocycles. The summed E-state index contributed by atoms with van der Waals surface area (Å²) in [6.45, 7) is 3.97. The molecule has 2 fully saturated rings. The van der Waals surface area contributed by atoms with E-state index in [0.717, 1.165) is 29.9 Å². The van der Waals surface area contributed by atoms with Crippen LogP contribution in [0.4, 0.5) is 5.82 Å². The number of nitrogens with one attached hydrogen (secondary N) is 1. The summed E-state index contributed by atoms with van der Waals surface area (Å²) in [4.78, 5) is 12.6. The Balaban J connectivity index is 1.71. The topological polar surface area (TPSA) is 72.9 Å². The van der Waals surface area contributed by atoms with Crippen LogP contribution in [0.1, 0.15) is 43.4 Å². The first-order chi connectivity index (χ1) is 9.97. The average Bonchev–Trinajstić information content (AvgIpc) is 2.65. The van der Waals surface area contributed by atoms with E-state index < -0.39 is 0 Å². The number of amides is 1. The molecule has 1 aromatic rings. The van der Waals surface area contributed by atoms with Crippen molar-refractivity contribution in [2.24, 2.45) is 30.5 Å². The molecule has 1 heterocycles. The summed E-state index contributed by atoms with van der Waals surface area (Å²) in [6.07, 6.45) is 5.53. The molecule has 2 atom stereocenters. The Morgan fingerprint density at radius 3 is 2.43 bits per heavy atom. The Hall–Kier alpha value is -1.36. The Kier molecular flexibility index (Phi) is 3.78. The van der Waals surface area contributed by atoms with Gasteiger partial charge in [-0.15, -0.1) is 0 Å². The second-order valence-corrected chi connectivity index (χ2v) is 6.87. The smallest absolute Gasteiger partial charge is 0.228 e. The van der Waals surface area contributed by atoms with Crippen LogP contribution in [0.3, 0.4) is 0 Å². The molecule has 2 unspecified atom stereocenters. The fourth-order valence-electron chi connectivity index (χ4n) is 4.16. The molecule has 3 N–H and O–H groups in total. The summed E-state index contributed by atoms with van der Waals surface area (Å²) >= 11 is 0. The van der Waals surface area contributed by atoms with E-state index in [1.54, 1.807) is 4.68 Å². The third-order valence-corrected chi connectivity index (χ3v) is 5.55. The highest BCUT2D eigenvalue weighted by Crippen LogP contribution is 2.42. The fourth-order valence-corrected chi connectivity index (χ4v) is 4.16. The maximum absolute atomic E-state index is 12.6. The van der Waals surface area contributed by atoms with Crippen molar-refractivity contribution >= 4 is 11.7 Å². The van der Waals surface area contributed by atoms with Crippen molar-refractivity contribution in [2.75, 3.05) is 5.32 Å². The lowest BCUT2D eigenvalue weighted by Crippen LogP contribution is -2.48. The third kappa shape index (κ3) is 2.59. The van der Waals surface area contributed by atoms with Crippen LogP contribution in [0.15, 0.2) is 0 Å². The van der Waals surface area contributed by atoms with Crippen LogP contribution in [0.2, 0.25) is 0 Å². The number of anilines is 1. The number of nitrogens with zero attached hydrogens (tertiary/aromatic N) is 2. The maximum atomic E-state index is 12.6. The van der Waals surface area contributed by atoms with Crippen LogP contribution in [0, 0.1) is 31.6 Å². The fraction of sp³-hybridized carbons (Fsp3) is 0.750. The zero-order valence-corrected chi connectivity index (χ0v) is 13.2. The summed E-state index contributed by atoms with van der Waals surface area (Å²) in [5, 5.41) is 7.45. The van der Waals surface area contributed by atoms with Gasteiger partial charge in [0, 0.05) is 24.6 Å². The molecule has 0 aliphatic heterocycles. The molecule has 3 rings (SSSR count). The van der Waals surface area contributed by atoms with Crippen LogP contribution < -0.4 is 11.1 Å². The molecular formula is C16H26N4O. The van der Waals surface area contributed by atoms with Crippen molar-refractivity contribution in [3.63, 3.8) is 0 Å². The monoisotopic (exact) mass is 290 g/mol. The molecule has 0 aromatic carbocycles. The average molecular weight is 290 g/mol. The number of nitrogens with two attached hydrogens (primary N) is 1. The van der Waals surface area contributed by atoms with E-state index in [0.29, 0.717) is 17.9 Å². The van der Waals surface area contributed by atoms with Gasteiger partial charge in [0.15, 0.2) is 0 Å². The van der Waals surface area contributed by atoms with Crippen molar-refractivity contribution in [1.29, 1.82) is 0 Å². The molecular weight excluding hydrogens is 264 g/mol. The van der Waals surface area contributed by atoms with Crippen LogP contribution >= 0.6 is 0 Å².